The first-order valence-corrected chi connectivity index (χ1v) is 10.4. The van der Waals surface area contributed by atoms with Gasteiger partial charge in [0.1, 0.15) is 0 Å². The lowest BCUT2D eigenvalue weighted by atomic mass is 10.1. The van der Waals surface area contributed by atoms with Crippen LogP contribution in [0.15, 0.2) is 53.3 Å². The summed E-state index contributed by atoms with van der Waals surface area (Å²) in [6.07, 6.45) is 4.89. The highest BCUT2D eigenvalue weighted by Crippen LogP contribution is 2.34. The molecule has 0 aliphatic carbocycles. The van der Waals surface area contributed by atoms with E-state index < -0.39 is 0 Å². The highest BCUT2D eigenvalue weighted by Gasteiger charge is 2.16. The van der Waals surface area contributed by atoms with Crippen LogP contribution in [0.25, 0.3) is 22.0 Å². The number of fused-ring (bicyclic) bond motifs is 1. The molecule has 28 heavy (non-hydrogen) atoms. The predicted molar refractivity (Wildman–Crippen MR) is 115 cm³/mol. The van der Waals surface area contributed by atoms with Gasteiger partial charge in [0.15, 0.2) is 5.75 Å². The van der Waals surface area contributed by atoms with Crippen molar-refractivity contribution in [1.29, 1.82) is 0 Å². The molecule has 5 heteroatoms. The molecular formula is C23H25ClN2O2. The van der Waals surface area contributed by atoms with E-state index in [1.807, 2.05) is 36.4 Å². The fraction of sp³-hybridized carbons (Fsp3) is 0.348. The molecule has 0 unspecified atom stereocenters. The maximum absolute atomic E-state index is 12.6. The molecule has 0 bridgehead atoms. The van der Waals surface area contributed by atoms with Crippen LogP contribution in [0, 0.1) is 0 Å². The van der Waals surface area contributed by atoms with E-state index in [9.17, 15) is 4.79 Å². The zero-order valence-corrected chi connectivity index (χ0v) is 16.7. The molecule has 3 aromatic rings. The largest absolute Gasteiger partial charge is 0.491 e. The van der Waals surface area contributed by atoms with E-state index in [0.29, 0.717) is 28.5 Å². The molecule has 146 valence electrons. The molecule has 0 amide bonds. The average Bonchev–Trinajstić information content (AvgIpc) is 2.73. The lowest BCUT2D eigenvalue weighted by molar-refractivity contribution is 0.205. The van der Waals surface area contributed by atoms with E-state index >= 15 is 0 Å². The van der Waals surface area contributed by atoms with Gasteiger partial charge in [-0.3, -0.25) is 4.79 Å². The maximum atomic E-state index is 12.6. The van der Waals surface area contributed by atoms with E-state index in [1.165, 1.54) is 32.4 Å². The molecule has 1 fully saturated rings. The van der Waals surface area contributed by atoms with Crippen LogP contribution in [-0.4, -0.2) is 36.1 Å². The third-order valence-electron chi connectivity index (χ3n) is 5.31. The summed E-state index contributed by atoms with van der Waals surface area (Å²) < 4.78 is 6.25. The van der Waals surface area contributed by atoms with Gasteiger partial charge in [0.25, 0.3) is 5.56 Å². The Labute approximate surface area is 170 Å². The number of piperidine rings is 1. The maximum Gasteiger partial charge on any atom is 0.256 e. The fourth-order valence-corrected chi connectivity index (χ4v) is 4.05. The van der Waals surface area contributed by atoms with Crippen molar-refractivity contribution < 1.29 is 4.74 Å². The van der Waals surface area contributed by atoms with Crippen molar-refractivity contribution >= 4 is 22.4 Å². The molecule has 4 nitrogen and oxygen atoms in total. The van der Waals surface area contributed by atoms with E-state index in [4.69, 9.17) is 16.3 Å². The first kappa shape index (κ1) is 19.0. The second-order valence-corrected chi connectivity index (χ2v) is 7.75. The Hall–Kier alpha value is -2.30. The first-order chi connectivity index (χ1) is 13.7. The number of benzene rings is 2. The van der Waals surface area contributed by atoms with Gasteiger partial charge in [0, 0.05) is 22.5 Å². The summed E-state index contributed by atoms with van der Waals surface area (Å²) in [5, 5.41) is 1.94. The molecule has 1 aliphatic heterocycles. The number of pyridine rings is 1. The highest BCUT2D eigenvalue weighted by atomic mass is 35.5. The summed E-state index contributed by atoms with van der Waals surface area (Å²) in [4.78, 5) is 18.1. The van der Waals surface area contributed by atoms with Crippen LogP contribution in [0.5, 0.6) is 5.75 Å². The van der Waals surface area contributed by atoms with E-state index in [-0.39, 0.29) is 5.56 Å². The van der Waals surface area contributed by atoms with E-state index in [1.54, 1.807) is 12.1 Å². The van der Waals surface area contributed by atoms with Crippen LogP contribution in [-0.2, 0) is 0 Å². The summed E-state index contributed by atoms with van der Waals surface area (Å²) >= 11 is 6.23. The number of rotatable bonds is 6. The number of halogens is 1. The lowest BCUT2D eigenvalue weighted by Crippen LogP contribution is -2.31. The topological polar surface area (TPSA) is 45.3 Å². The second-order valence-electron chi connectivity index (χ2n) is 7.32. The summed E-state index contributed by atoms with van der Waals surface area (Å²) in [5.74, 6) is 0.696. The molecule has 1 aliphatic rings. The van der Waals surface area contributed by atoms with Gasteiger partial charge < -0.3 is 14.6 Å². The Kier molecular flexibility index (Phi) is 5.98. The van der Waals surface area contributed by atoms with Gasteiger partial charge in [-0.1, -0.05) is 48.4 Å². The van der Waals surface area contributed by atoms with Crippen molar-refractivity contribution in [3.05, 3.63) is 63.9 Å². The van der Waals surface area contributed by atoms with Crippen LogP contribution in [0.1, 0.15) is 25.7 Å². The van der Waals surface area contributed by atoms with Gasteiger partial charge in [-0.2, -0.15) is 0 Å². The van der Waals surface area contributed by atoms with Gasteiger partial charge in [-0.15, -0.1) is 0 Å². The fourth-order valence-electron chi connectivity index (χ4n) is 3.88. The van der Waals surface area contributed by atoms with Crippen LogP contribution >= 0.6 is 11.6 Å². The molecule has 0 atom stereocenters. The van der Waals surface area contributed by atoms with E-state index in [0.717, 1.165) is 23.9 Å². The van der Waals surface area contributed by atoms with Gasteiger partial charge in [-0.25, -0.2) is 0 Å². The molecule has 4 rings (SSSR count). The Morgan fingerprint density at radius 2 is 1.79 bits per heavy atom. The van der Waals surface area contributed by atoms with Gasteiger partial charge >= 0.3 is 0 Å². The summed E-state index contributed by atoms with van der Waals surface area (Å²) in [6, 6.07) is 15.1. The van der Waals surface area contributed by atoms with Crippen LogP contribution in [0.2, 0.25) is 5.02 Å². The standard InChI is InChI=1S/C23H25ClN2O2/c24-18-10-11-19-20(16-18)22(28-15-7-14-26-12-5-2-6-13-26)21(25-23(19)27)17-8-3-1-4-9-17/h1,3-4,8-11,16H,2,5-7,12-15H2,(H,25,27). The third-order valence-corrected chi connectivity index (χ3v) is 5.55. The number of nitrogens with one attached hydrogen (secondary N) is 1. The summed E-state index contributed by atoms with van der Waals surface area (Å²) in [7, 11) is 0. The predicted octanol–water partition coefficient (Wildman–Crippen LogP) is 5.10. The number of likely N-dealkylation sites (tertiary alicyclic amines) is 1. The Morgan fingerprint density at radius 1 is 1.00 bits per heavy atom. The van der Waals surface area contributed by atoms with Crippen molar-refractivity contribution in [2.75, 3.05) is 26.2 Å². The van der Waals surface area contributed by atoms with Gasteiger partial charge in [0.05, 0.1) is 17.7 Å². The number of hydrogen-bond acceptors (Lipinski definition) is 3. The number of aromatic nitrogens is 1. The number of H-pyrrole nitrogens is 1. The number of ether oxygens (including phenoxy) is 1. The van der Waals surface area contributed by atoms with Crippen LogP contribution < -0.4 is 10.3 Å². The molecule has 2 aromatic carbocycles. The molecule has 0 saturated carbocycles. The minimum Gasteiger partial charge on any atom is -0.491 e. The average molecular weight is 397 g/mol. The van der Waals surface area contributed by atoms with Crippen molar-refractivity contribution in [3.8, 4) is 17.0 Å². The summed E-state index contributed by atoms with van der Waals surface area (Å²) in [5.41, 5.74) is 1.50. The molecule has 1 saturated heterocycles. The lowest BCUT2D eigenvalue weighted by Gasteiger charge is -2.26. The molecule has 1 N–H and O–H groups in total. The molecule has 0 radical (unpaired) electrons. The second kappa shape index (κ2) is 8.80. The Bertz CT molecular complexity index is 995. The number of aromatic amines is 1. The zero-order chi connectivity index (χ0) is 19.3. The normalized spacial score (nSPS) is 15.0. The molecular weight excluding hydrogens is 372 g/mol. The van der Waals surface area contributed by atoms with Crippen molar-refractivity contribution in [2.24, 2.45) is 0 Å². The highest BCUT2D eigenvalue weighted by molar-refractivity contribution is 6.31. The first-order valence-electron chi connectivity index (χ1n) is 9.98. The number of hydrogen-bond donors (Lipinski definition) is 1. The quantitative estimate of drug-likeness (QED) is 0.589. The zero-order valence-electron chi connectivity index (χ0n) is 15.9. The van der Waals surface area contributed by atoms with Crippen LogP contribution in [0.4, 0.5) is 0 Å². The smallest absolute Gasteiger partial charge is 0.256 e. The summed E-state index contributed by atoms with van der Waals surface area (Å²) in [6.45, 7) is 4.02. The molecule has 0 spiro atoms. The molecule has 2 heterocycles. The molecule has 1 aromatic heterocycles. The van der Waals surface area contributed by atoms with Crippen molar-refractivity contribution in [3.63, 3.8) is 0 Å². The minimum atomic E-state index is -0.133. The van der Waals surface area contributed by atoms with E-state index in [2.05, 4.69) is 9.88 Å². The van der Waals surface area contributed by atoms with Crippen molar-refractivity contribution in [1.82, 2.24) is 9.88 Å². The van der Waals surface area contributed by atoms with Gasteiger partial charge in [0.2, 0.25) is 0 Å². The number of nitrogens with zero attached hydrogens (tertiary/aromatic N) is 1. The minimum absolute atomic E-state index is 0.133. The Morgan fingerprint density at radius 3 is 2.57 bits per heavy atom. The third kappa shape index (κ3) is 4.23. The van der Waals surface area contributed by atoms with Crippen LogP contribution in [0.3, 0.4) is 0 Å². The van der Waals surface area contributed by atoms with Crippen molar-refractivity contribution in [2.45, 2.75) is 25.7 Å². The SMILES string of the molecule is O=c1[nH]c(-c2ccccc2)c(OCCCN2CCCCC2)c2cc(Cl)ccc12. The monoisotopic (exact) mass is 396 g/mol. The van der Waals surface area contributed by atoms with Gasteiger partial charge in [-0.05, 0) is 50.6 Å². The Balaban J connectivity index is 1.63.